The highest BCUT2D eigenvalue weighted by Crippen LogP contribution is 2.67. The highest BCUT2D eigenvalue weighted by molar-refractivity contribution is 5.79. The van der Waals surface area contributed by atoms with Gasteiger partial charge < -0.3 is 4.74 Å². The van der Waals surface area contributed by atoms with Gasteiger partial charge in [-0.1, -0.05) is 59.3 Å². The largest absolute Gasteiger partial charge is 0.462 e. The van der Waals surface area contributed by atoms with Gasteiger partial charge in [-0.3, -0.25) is 9.59 Å². The molecule has 3 heteroatoms. The van der Waals surface area contributed by atoms with Crippen molar-refractivity contribution in [2.75, 3.05) is 0 Å². The first-order valence-corrected chi connectivity index (χ1v) is 15.0. The minimum Gasteiger partial charge on any atom is -0.462 e. The second-order valence-corrected chi connectivity index (χ2v) is 13.2. The van der Waals surface area contributed by atoms with Gasteiger partial charge in [0.1, 0.15) is 11.9 Å². The van der Waals surface area contributed by atoms with Crippen LogP contribution in [-0.2, 0) is 14.3 Å². The van der Waals surface area contributed by atoms with Gasteiger partial charge in [-0.05, 0) is 106 Å². The first-order chi connectivity index (χ1) is 16.3. The molecule has 3 nitrogen and oxygen atoms in total. The lowest BCUT2D eigenvalue weighted by Crippen LogP contribution is -2.54. The summed E-state index contributed by atoms with van der Waals surface area (Å²) >= 11 is 0. The van der Waals surface area contributed by atoms with Gasteiger partial charge in [0, 0.05) is 12.3 Å². The van der Waals surface area contributed by atoms with Crippen molar-refractivity contribution < 1.29 is 14.3 Å². The van der Waals surface area contributed by atoms with E-state index in [1.165, 1.54) is 70.6 Å². The number of ether oxygens (including phenoxy) is 1. The first-order valence-electron chi connectivity index (χ1n) is 15.0. The van der Waals surface area contributed by atoms with Crippen LogP contribution in [0.2, 0.25) is 0 Å². The van der Waals surface area contributed by atoms with E-state index >= 15 is 0 Å². The normalized spacial score (nSPS) is 41.3. The van der Waals surface area contributed by atoms with Crippen molar-refractivity contribution in [3.8, 4) is 0 Å². The Morgan fingerprint density at radius 2 is 1.47 bits per heavy atom. The Morgan fingerprint density at radius 3 is 2.21 bits per heavy atom. The van der Waals surface area contributed by atoms with Gasteiger partial charge in [-0.15, -0.1) is 0 Å². The van der Waals surface area contributed by atoms with Gasteiger partial charge in [0.15, 0.2) is 0 Å². The molecule has 0 N–H and O–H groups in total. The first kappa shape index (κ1) is 26.2. The van der Waals surface area contributed by atoms with Crippen molar-refractivity contribution in [1.29, 1.82) is 0 Å². The van der Waals surface area contributed by atoms with Crippen molar-refractivity contribution >= 4 is 11.8 Å². The van der Waals surface area contributed by atoms with Crippen molar-refractivity contribution in [2.45, 2.75) is 143 Å². The molecule has 4 aliphatic carbocycles. The molecule has 4 rings (SSSR count). The lowest BCUT2D eigenvalue weighted by Gasteiger charge is -2.61. The zero-order valence-corrected chi connectivity index (χ0v) is 22.7. The van der Waals surface area contributed by atoms with Gasteiger partial charge in [0.05, 0.1) is 0 Å². The number of hydrogen-bond donors (Lipinski definition) is 0. The predicted octanol–water partition coefficient (Wildman–Crippen LogP) is 8.29. The van der Waals surface area contributed by atoms with Gasteiger partial charge in [-0.25, -0.2) is 0 Å². The van der Waals surface area contributed by atoms with Crippen LogP contribution >= 0.6 is 0 Å². The van der Waals surface area contributed by atoms with Crippen molar-refractivity contribution in [2.24, 2.45) is 40.4 Å². The number of carbonyl (C=O) groups excluding carboxylic acids is 2. The Bertz CT molecular complexity index is 715. The molecule has 34 heavy (non-hydrogen) atoms. The molecule has 0 spiro atoms. The molecule has 0 radical (unpaired) electrons. The molecule has 4 saturated carbocycles. The lowest BCUT2D eigenvalue weighted by molar-refractivity contribution is -0.163. The number of rotatable bonds is 10. The van der Waals surface area contributed by atoms with Crippen LogP contribution in [0.3, 0.4) is 0 Å². The van der Waals surface area contributed by atoms with Crippen molar-refractivity contribution in [3.63, 3.8) is 0 Å². The summed E-state index contributed by atoms with van der Waals surface area (Å²) in [6.07, 6.45) is 20.3. The zero-order chi connectivity index (χ0) is 24.3. The van der Waals surface area contributed by atoms with Crippen LogP contribution in [0.4, 0.5) is 0 Å². The highest BCUT2D eigenvalue weighted by Gasteiger charge is 2.60. The molecule has 0 aromatic heterocycles. The van der Waals surface area contributed by atoms with Crippen molar-refractivity contribution in [1.82, 2.24) is 0 Å². The molecule has 4 aliphatic rings. The van der Waals surface area contributed by atoms with Gasteiger partial charge >= 0.3 is 5.97 Å². The fraction of sp³-hybridized carbons (Fsp3) is 0.935. The number of unbranched alkanes of at least 4 members (excludes halogenated alkanes) is 6. The minimum atomic E-state index is 0.0468. The third-order valence-electron chi connectivity index (χ3n) is 11.4. The highest BCUT2D eigenvalue weighted by atomic mass is 16.5. The van der Waals surface area contributed by atoms with Crippen molar-refractivity contribution in [3.05, 3.63) is 0 Å². The second kappa shape index (κ2) is 11.0. The molecule has 0 aromatic carbocycles. The van der Waals surface area contributed by atoms with Gasteiger partial charge in [0.25, 0.3) is 0 Å². The molecule has 0 heterocycles. The van der Waals surface area contributed by atoms with E-state index < -0.39 is 0 Å². The minimum absolute atomic E-state index is 0.0468. The fourth-order valence-corrected chi connectivity index (χ4v) is 9.46. The Hall–Kier alpha value is -0.860. The quantitative estimate of drug-likeness (QED) is 0.237. The maximum Gasteiger partial charge on any atom is 0.306 e. The molecule has 194 valence electrons. The summed E-state index contributed by atoms with van der Waals surface area (Å²) in [4.78, 5) is 24.9. The summed E-state index contributed by atoms with van der Waals surface area (Å²) < 4.78 is 6.02. The smallest absolute Gasteiger partial charge is 0.306 e. The van der Waals surface area contributed by atoms with E-state index in [9.17, 15) is 9.59 Å². The van der Waals surface area contributed by atoms with E-state index in [2.05, 4.69) is 20.8 Å². The molecular weight excluding hydrogens is 420 g/mol. The Kier molecular flexibility index (Phi) is 8.51. The third kappa shape index (κ3) is 5.15. The Morgan fingerprint density at radius 1 is 0.794 bits per heavy atom. The molecule has 4 unspecified atom stereocenters. The molecule has 0 aliphatic heterocycles. The van der Waals surface area contributed by atoms with Gasteiger partial charge in [-0.2, -0.15) is 0 Å². The van der Waals surface area contributed by atoms with E-state index in [-0.39, 0.29) is 17.5 Å². The van der Waals surface area contributed by atoms with Crippen LogP contribution in [0.15, 0.2) is 0 Å². The molecule has 0 saturated heterocycles. The number of hydrogen-bond acceptors (Lipinski definition) is 3. The summed E-state index contributed by atoms with van der Waals surface area (Å²) in [7, 11) is 0. The zero-order valence-electron chi connectivity index (χ0n) is 22.7. The van der Waals surface area contributed by atoms with E-state index in [0.717, 1.165) is 49.9 Å². The Labute approximate surface area is 209 Å². The van der Waals surface area contributed by atoms with Crippen LogP contribution in [0, 0.1) is 40.4 Å². The number of ketones is 1. The average molecular weight is 473 g/mol. The summed E-state index contributed by atoms with van der Waals surface area (Å²) in [5.74, 6) is 3.84. The van der Waals surface area contributed by atoms with Crippen LogP contribution in [0.25, 0.3) is 0 Å². The van der Waals surface area contributed by atoms with Crippen LogP contribution in [0.5, 0.6) is 0 Å². The van der Waals surface area contributed by atoms with Crippen LogP contribution in [-0.4, -0.2) is 17.9 Å². The summed E-state index contributed by atoms with van der Waals surface area (Å²) in [6.45, 7) is 9.10. The maximum absolute atomic E-state index is 12.5. The van der Waals surface area contributed by atoms with Crippen LogP contribution < -0.4 is 0 Å². The third-order valence-corrected chi connectivity index (χ3v) is 11.4. The van der Waals surface area contributed by atoms with E-state index in [1.807, 2.05) is 6.92 Å². The summed E-state index contributed by atoms with van der Waals surface area (Å²) in [6, 6.07) is 0. The molecular formula is C31H52O3. The number of fused-ring (bicyclic) bond motifs is 5. The topological polar surface area (TPSA) is 43.4 Å². The molecule has 0 bridgehead atoms. The van der Waals surface area contributed by atoms with E-state index in [4.69, 9.17) is 4.74 Å². The summed E-state index contributed by atoms with van der Waals surface area (Å²) in [5.41, 5.74) is 0.652. The average Bonchev–Trinajstić information content (AvgIpc) is 3.16. The predicted molar refractivity (Wildman–Crippen MR) is 138 cm³/mol. The van der Waals surface area contributed by atoms with Gasteiger partial charge in [0.2, 0.25) is 0 Å². The van der Waals surface area contributed by atoms with E-state index in [1.54, 1.807) is 0 Å². The number of esters is 1. The molecule has 0 amide bonds. The molecule has 4 fully saturated rings. The Balaban J connectivity index is 1.26. The number of Topliss-reactive ketones (excluding diaryl/α,β-unsaturated/α-hetero) is 1. The summed E-state index contributed by atoms with van der Waals surface area (Å²) in [5, 5.41) is 0. The van der Waals surface area contributed by atoms with Crippen LogP contribution in [0.1, 0.15) is 137 Å². The molecule has 8 atom stereocenters. The monoisotopic (exact) mass is 472 g/mol. The maximum atomic E-state index is 12.5. The standard InChI is InChI=1S/C31H52O3/c1-5-6-7-8-9-10-11-12-29(33)34-24-17-19-30(3)23(21-24)13-14-25-27-16-15-26(22(2)32)31(27,4)20-18-28(25)30/h23-28H,5-21H2,1-4H3/t23-,24?,25?,26+,27?,28?,30-,31+/m0/s1. The van der Waals surface area contributed by atoms with E-state index in [0.29, 0.717) is 29.5 Å². The number of carbonyl (C=O) groups is 2. The SMILES string of the molecule is CCCCCCCCCC(=O)OC1CC[C@]2(C)C3CC[C@@]4(C)C(CC[C@@H]4C(C)=O)C3CC[C@H]2C1. The second-order valence-electron chi connectivity index (χ2n) is 13.2. The molecule has 0 aromatic rings. The fourth-order valence-electron chi connectivity index (χ4n) is 9.46. The lowest BCUT2D eigenvalue weighted by atomic mass is 9.44.